The topological polar surface area (TPSA) is 59.5 Å². The first kappa shape index (κ1) is 18.6. The van der Waals surface area contributed by atoms with E-state index < -0.39 is 0 Å². The molecule has 1 amide bonds. The van der Waals surface area contributed by atoms with Gasteiger partial charge in [-0.2, -0.15) is 0 Å². The molecule has 1 unspecified atom stereocenters. The minimum atomic E-state index is -0.0177. The number of amides is 1. The van der Waals surface area contributed by atoms with Gasteiger partial charge in [0.25, 0.3) is 5.91 Å². The van der Waals surface area contributed by atoms with Crippen molar-refractivity contribution in [3.05, 3.63) is 59.0 Å². The summed E-state index contributed by atoms with van der Waals surface area (Å²) in [4.78, 5) is 14.8. The lowest BCUT2D eigenvalue weighted by atomic mass is 9.87. The van der Waals surface area contributed by atoms with Gasteiger partial charge in [0.05, 0.1) is 6.54 Å². The molecule has 5 heteroatoms. The molecule has 0 radical (unpaired) electrons. The minimum Gasteiger partial charge on any atom is -0.455 e. The third-order valence-electron chi connectivity index (χ3n) is 4.56. The van der Waals surface area contributed by atoms with Gasteiger partial charge >= 0.3 is 0 Å². The van der Waals surface area contributed by atoms with Gasteiger partial charge < -0.3 is 15.1 Å². The maximum absolute atomic E-state index is 12.9. The summed E-state index contributed by atoms with van der Waals surface area (Å²) in [5, 5.41) is 0. The van der Waals surface area contributed by atoms with Gasteiger partial charge in [-0.15, -0.1) is 12.4 Å². The third kappa shape index (κ3) is 3.82. The van der Waals surface area contributed by atoms with Crippen LogP contribution in [0.1, 0.15) is 47.2 Å². The number of furan rings is 1. The molecule has 0 bridgehead atoms. The van der Waals surface area contributed by atoms with E-state index in [0.717, 1.165) is 32.2 Å². The molecule has 4 nitrogen and oxygen atoms in total. The number of hydrogen-bond donors (Lipinski definition) is 1. The van der Waals surface area contributed by atoms with Crippen molar-refractivity contribution in [2.24, 2.45) is 5.73 Å². The maximum Gasteiger partial charge on any atom is 0.289 e. The van der Waals surface area contributed by atoms with Crippen LogP contribution in [0.2, 0.25) is 0 Å². The first-order valence-corrected chi connectivity index (χ1v) is 8.39. The van der Waals surface area contributed by atoms with E-state index in [1.807, 2.05) is 4.90 Å². The smallest absolute Gasteiger partial charge is 0.289 e. The van der Waals surface area contributed by atoms with Gasteiger partial charge in [-0.05, 0) is 48.9 Å². The number of carbonyl (C=O) groups is 1. The third-order valence-corrected chi connectivity index (χ3v) is 4.56. The van der Waals surface area contributed by atoms with Gasteiger partial charge in [0, 0.05) is 12.6 Å². The highest BCUT2D eigenvalue weighted by Crippen LogP contribution is 2.26. The molecule has 1 aromatic heterocycles. The zero-order chi connectivity index (χ0) is 16.2. The van der Waals surface area contributed by atoms with Crippen LogP contribution in [0.5, 0.6) is 0 Å². The Morgan fingerprint density at radius 2 is 2.00 bits per heavy atom. The van der Waals surface area contributed by atoms with E-state index in [1.54, 1.807) is 12.1 Å². The number of halogens is 1. The second kappa shape index (κ2) is 8.36. The number of aryl methyl sites for hydroxylation is 1. The summed E-state index contributed by atoms with van der Waals surface area (Å²) in [5.41, 5.74) is 8.35. The van der Waals surface area contributed by atoms with Gasteiger partial charge in [-0.3, -0.25) is 4.79 Å². The molecule has 1 aromatic carbocycles. The highest BCUT2D eigenvalue weighted by atomic mass is 35.5. The van der Waals surface area contributed by atoms with Crippen molar-refractivity contribution < 1.29 is 9.21 Å². The summed E-state index contributed by atoms with van der Waals surface area (Å²) in [7, 11) is 0. The summed E-state index contributed by atoms with van der Waals surface area (Å²) in [6.07, 6.45) is 3.90. The molecular formula is C19H25ClN2O2. The van der Waals surface area contributed by atoms with Crippen LogP contribution in [0.3, 0.4) is 0 Å². The van der Waals surface area contributed by atoms with Crippen LogP contribution in [0.15, 0.2) is 40.8 Å². The van der Waals surface area contributed by atoms with Crippen molar-refractivity contribution >= 4 is 18.3 Å². The largest absolute Gasteiger partial charge is 0.455 e. The van der Waals surface area contributed by atoms with Crippen molar-refractivity contribution in [3.63, 3.8) is 0 Å². The molecule has 0 spiro atoms. The predicted molar refractivity (Wildman–Crippen MR) is 97.4 cm³/mol. The van der Waals surface area contributed by atoms with Gasteiger partial charge in [0.1, 0.15) is 5.76 Å². The average molecular weight is 349 g/mol. The lowest BCUT2D eigenvalue weighted by molar-refractivity contribution is 0.0627. The molecule has 2 N–H and O–H groups in total. The molecule has 2 aromatic rings. The number of nitrogens with zero attached hydrogens (tertiary/aromatic N) is 1. The van der Waals surface area contributed by atoms with Crippen molar-refractivity contribution in [2.45, 2.75) is 45.2 Å². The van der Waals surface area contributed by atoms with Crippen molar-refractivity contribution in [1.29, 1.82) is 0 Å². The fourth-order valence-electron chi connectivity index (χ4n) is 3.38. The Hall–Kier alpha value is -1.78. The fourth-order valence-corrected chi connectivity index (χ4v) is 3.38. The first-order chi connectivity index (χ1) is 11.2. The molecule has 0 aliphatic heterocycles. The fraction of sp³-hybridized carbons (Fsp3) is 0.421. The zero-order valence-electron chi connectivity index (χ0n) is 14.0. The van der Waals surface area contributed by atoms with E-state index in [1.165, 1.54) is 11.1 Å². The Kier molecular flexibility index (Phi) is 6.46. The number of fused-ring (bicyclic) bond motifs is 1. The average Bonchev–Trinajstić information content (AvgIpc) is 3.08. The lowest BCUT2D eigenvalue weighted by Crippen LogP contribution is -2.43. The molecule has 3 rings (SSSR count). The van der Waals surface area contributed by atoms with E-state index in [9.17, 15) is 4.79 Å². The standard InChI is InChI=1S/C19H24N2O2.ClH/c1-2-11-21(19(22)18-10-9-17(13-20)23-18)16-8-7-14-5-3-4-6-15(14)12-16;/h3-6,9-10,16H,2,7-8,11-13,20H2,1H3;1H. The molecule has 0 fully saturated rings. The molecule has 0 saturated carbocycles. The van der Waals surface area contributed by atoms with E-state index >= 15 is 0 Å². The Bertz CT molecular complexity index is 684. The minimum absolute atomic E-state index is 0. The van der Waals surface area contributed by atoms with Crippen LogP contribution in [-0.2, 0) is 19.4 Å². The Morgan fingerprint density at radius 1 is 1.25 bits per heavy atom. The monoisotopic (exact) mass is 348 g/mol. The summed E-state index contributed by atoms with van der Waals surface area (Å²) >= 11 is 0. The van der Waals surface area contributed by atoms with Gasteiger partial charge in [0.2, 0.25) is 0 Å². The Balaban J connectivity index is 0.00000208. The normalized spacial score (nSPS) is 16.2. The van der Waals surface area contributed by atoms with Crippen LogP contribution in [0.25, 0.3) is 0 Å². The molecule has 24 heavy (non-hydrogen) atoms. The van der Waals surface area contributed by atoms with Crippen molar-refractivity contribution in [3.8, 4) is 0 Å². The van der Waals surface area contributed by atoms with Crippen LogP contribution >= 0.6 is 12.4 Å². The molecule has 0 saturated heterocycles. The van der Waals surface area contributed by atoms with Crippen LogP contribution in [-0.4, -0.2) is 23.4 Å². The van der Waals surface area contributed by atoms with E-state index in [4.69, 9.17) is 10.2 Å². The number of nitrogens with two attached hydrogens (primary N) is 1. The Labute approximate surface area is 149 Å². The lowest BCUT2D eigenvalue weighted by Gasteiger charge is -2.34. The summed E-state index contributed by atoms with van der Waals surface area (Å²) < 4.78 is 5.57. The molecule has 1 heterocycles. The highest BCUT2D eigenvalue weighted by molar-refractivity contribution is 5.91. The molecule has 130 valence electrons. The second-order valence-electron chi connectivity index (χ2n) is 6.13. The van der Waals surface area contributed by atoms with Crippen LogP contribution in [0, 0.1) is 0 Å². The zero-order valence-corrected chi connectivity index (χ0v) is 14.8. The van der Waals surface area contributed by atoms with Gasteiger partial charge in [-0.25, -0.2) is 0 Å². The molecule has 1 aliphatic rings. The maximum atomic E-state index is 12.9. The van der Waals surface area contributed by atoms with E-state index in [0.29, 0.717) is 18.1 Å². The molecular weight excluding hydrogens is 324 g/mol. The molecule has 1 atom stereocenters. The van der Waals surface area contributed by atoms with Gasteiger partial charge in [0.15, 0.2) is 5.76 Å². The van der Waals surface area contributed by atoms with Gasteiger partial charge in [-0.1, -0.05) is 31.2 Å². The second-order valence-corrected chi connectivity index (χ2v) is 6.13. The summed E-state index contributed by atoms with van der Waals surface area (Å²) in [6.45, 7) is 3.17. The number of rotatable bonds is 5. The van der Waals surface area contributed by atoms with Crippen molar-refractivity contribution in [1.82, 2.24) is 4.90 Å². The summed E-state index contributed by atoms with van der Waals surface area (Å²) in [5.74, 6) is 1.03. The number of benzene rings is 1. The molecule has 1 aliphatic carbocycles. The SMILES string of the molecule is CCCN(C(=O)c1ccc(CN)o1)C1CCc2ccccc2C1.Cl. The number of hydrogen-bond acceptors (Lipinski definition) is 3. The van der Waals surface area contributed by atoms with E-state index in [-0.39, 0.29) is 24.4 Å². The first-order valence-electron chi connectivity index (χ1n) is 8.39. The highest BCUT2D eigenvalue weighted by Gasteiger charge is 2.29. The summed E-state index contributed by atoms with van der Waals surface area (Å²) in [6, 6.07) is 12.3. The Morgan fingerprint density at radius 3 is 2.67 bits per heavy atom. The van der Waals surface area contributed by atoms with Crippen LogP contribution < -0.4 is 5.73 Å². The van der Waals surface area contributed by atoms with Crippen LogP contribution in [0.4, 0.5) is 0 Å². The van der Waals surface area contributed by atoms with E-state index in [2.05, 4.69) is 31.2 Å². The predicted octanol–water partition coefficient (Wildman–Crippen LogP) is 3.57. The van der Waals surface area contributed by atoms with Crippen molar-refractivity contribution in [2.75, 3.05) is 6.54 Å². The number of carbonyl (C=O) groups excluding carboxylic acids is 1. The quantitative estimate of drug-likeness (QED) is 0.898.